The van der Waals surface area contributed by atoms with Crippen LogP contribution >= 0.6 is 12.4 Å². The van der Waals surface area contributed by atoms with E-state index < -0.39 is 5.60 Å². The van der Waals surface area contributed by atoms with Gasteiger partial charge >= 0.3 is 5.97 Å². The third-order valence-corrected chi connectivity index (χ3v) is 9.33. The highest BCUT2D eigenvalue weighted by Gasteiger charge is 2.39. The second kappa shape index (κ2) is 15.4. The maximum Gasteiger partial charge on any atom is 0.311 e. The normalized spacial score (nSPS) is 18.7. The average molecular weight is 623 g/mol. The van der Waals surface area contributed by atoms with Crippen LogP contribution in [0.5, 0.6) is 11.5 Å². The van der Waals surface area contributed by atoms with Gasteiger partial charge in [-0.3, -0.25) is 9.69 Å². The topological polar surface area (TPSA) is 42.0 Å². The van der Waals surface area contributed by atoms with Crippen LogP contribution in [0.2, 0.25) is 0 Å². The molecular formula is C37H48ClFN2O3. The van der Waals surface area contributed by atoms with Crippen LogP contribution in [0.3, 0.4) is 0 Å². The highest BCUT2D eigenvalue weighted by molar-refractivity contribution is 5.85. The number of benzene rings is 2. The molecule has 0 spiro atoms. The van der Waals surface area contributed by atoms with E-state index >= 15 is 0 Å². The number of carbonyl (C=O) groups excluding carboxylic acids is 1. The van der Waals surface area contributed by atoms with Gasteiger partial charge in [0.05, 0.1) is 12.1 Å². The van der Waals surface area contributed by atoms with Crippen LogP contribution in [0.1, 0.15) is 94.7 Å². The highest BCUT2D eigenvalue weighted by atomic mass is 35.5. The lowest BCUT2D eigenvalue weighted by atomic mass is 9.80. The number of rotatable bonds is 11. The largest absolute Gasteiger partial charge is 0.483 e. The first-order valence-electron chi connectivity index (χ1n) is 16.2. The van der Waals surface area contributed by atoms with E-state index in [1.54, 1.807) is 0 Å². The first-order chi connectivity index (χ1) is 20.7. The molecule has 0 aliphatic carbocycles. The molecule has 3 heterocycles. The monoisotopic (exact) mass is 622 g/mol. The standard InChI is InChI=1S/C37H47FN2O3.ClH/c1-5-19-40-23-18-32-31(26-40)36-33(42-35(41)13-10-22-39-20-7-6-8-21-39)24-29(25-34(36)43-37(32,3)4)27(2)11-9-12-28-14-16-30(38)17-15-28;/h1,14-17,24-25,27H,6-13,18-23,26H2,2-4H3;1H. The van der Waals surface area contributed by atoms with Gasteiger partial charge in [-0.05, 0) is 131 Å². The van der Waals surface area contributed by atoms with Crippen LogP contribution in [0, 0.1) is 18.2 Å². The Morgan fingerprint density at radius 1 is 1.09 bits per heavy atom. The SMILES string of the molecule is C#CCN1CCC2=C(C1)c1c(OC(=O)CCCN3CCCCC3)cc(C(C)CCCc3ccc(F)cc3)cc1OC2(C)C.Cl. The van der Waals surface area contributed by atoms with Crippen molar-refractivity contribution in [3.8, 4) is 23.8 Å². The minimum Gasteiger partial charge on any atom is -0.483 e. The molecule has 1 fully saturated rings. The number of nitrogens with zero attached hydrogens (tertiary/aromatic N) is 2. The van der Waals surface area contributed by atoms with E-state index in [1.165, 1.54) is 42.5 Å². The van der Waals surface area contributed by atoms with E-state index in [-0.39, 0.29) is 30.1 Å². The minimum absolute atomic E-state index is 0. The Morgan fingerprint density at radius 2 is 1.84 bits per heavy atom. The zero-order valence-corrected chi connectivity index (χ0v) is 27.4. The van der Waals surface area contributed by atoms with Crippen LogP contribution in [0.25, 0.3) is 5.57 Å². The van der Waals surface area contributed by atoms with Gasteiger partial charge in [-0.1, -0.05) is 31.4 Å². The molecule has 7 heteroatoms. The fourth-order valence-electron chi connectivity index (χ4n) is 6.90. The Kier molecular flexibility index (Phi) is 11.9. The molecule has 1 unspecified atom stereocenters. The van der Waals surface area contributed by atoms with Crippen LogP contribution in [-0.4, -0.2) is 60.6 Å². The lowest BCUT2D eigenvalue weighted by molar-refractivity contribution is -0.134. The molecule has 3 aliphatic rings. The van der Waals surface area contributed by atoms with Crippen molar-refractivity contribution in [2.75, 3.05) is 39.3 Å². The number of fused-ring (bicyclic) bond motifs is 2. The van der Waals surface area contributed by atoms with E-state index in [0.29, 0.717) is 25.3 Å². The molecule has 0 N–H and O–H groups in total. The molecule has 3 aliphatic heterocycles. The number of aryl methyl sites for hydroxylation is 1. The molecule has 0 radical (unpaired) electrons. The molecule has 0 bridgehead atoms. The molecule has 5 rings (SSSR count). The summed E-state index contributed by atoms with van der Waals surface area (Å²) in [4.78, 5) is 18.0. The fourth-order valence-corrected chi connectivity index (χ4v) is 6.90. The molecule has 0 aromatic heterocycles. The second-order valence-electron chi connectivity index (χ2n) is 13.0. The average Bonchev–Trinajstić information content (AvgIpc) is 2.98. The van der Waals surface area contributed by atoms with Crippen LogP contribution in [0.15, 0.2) is 42.0 Å². The minimum atomic E-state index is -0.454. The number of likely N-dealkylation sites (tertiary alicyclic amines) is 1. The summed E-state index contributed by atoms with van der Waals surface area (Å²) in [5, 5.41) is 0. The van der Waals surface area contributed by atoms with Crippen molar-refractivity contribution in [1.29, 1.82) is 0 Å². The van der Waals surface area contributed by atoms with E-state index in [2.05, 4.69) is 48.6 Å². The Labute approximate surface area is 269 Å². The second-order valence-corrected chi connectivity index (χ2v) is 13.0. The predicted octanol–water partition coefficient (Wildman–Crippen LogP) is 7.81. The lowest BCUT2D eigenvalue weighted by Crippen LogP contribution is -2.42. The number of piperidine rings is 1. The zero-order valence-electron chi connectivity index (χ0n) is 26.6. The summed E-state index contributed by atoms with van der Waals surface area (Å²) in [6.07, 6.45) is 14.4. The molecule has 2 aromatic rings. The van der Waals surface area contributed by atoms with Gasteiger partial charge in [-0.2, -0.15) is 0 Å². The van der Waals surface area contributed by atoms with Gasteiger partial charge in [0.2, 0.25) is 0 Å². The molecule has 238 valence electrons. The maximum absolute atomic E-state index is 13.3. The Morgan fingerprint density at radius 3 is 2.57 bits per heavy atom. The van der Waals surface area contributed by atoms with Gasteiger partial charge in [0.1, 0.15) is 22.9 Å². The Hall–Kier alpha value is -2.85. The van der Waals surface area contributed by atoms with E-state index in [4.69, 9.17) is 15.9 Å². The van der Waals surface area contributed by atoms with Crippen molar-refractivity contribution in [2.45, 2.75) is 90.1 Å². The van der Waals surface area contributed by atoms with Gasteiger partial charge in [0.15, 0.2) is 0 Å². The van der Waals surface area contributed by atoms with Gasteiger partial charge < -0.3 is 14.4 Å². The summed E-state index contributed by atoms with van der Waals surface area (Å²) in [7, 11) is 0. The van der Waals surface area contributed by atoms with Crippen molar-refractivity contribution in [3.63, 3.8) is 0 Å². The van der Waals surface area contributed by atoms with Crippen LogP contribution in [-0.2, 0) is 11.2 Å². The summed E-state index contributed by atoms with van der Waals surface area (Å²) in [6, 6.07) is 11.0. The number of carbonyl (C=O) groups is 1. The summed E-state index contributed by atoms with van der Waals surface area (Å²) in [5.74, 6) is 4.01. The fraction of sp³-hybridized carbons (Fsp3) is 0.541. The van der Waals surface area contributed by atoms with Crippen molar-refractivity contribution in [3.05, 3.63) is 64.5 Å². The van der Waals surface area contributed by atoms with E-state index in [0.717, 1.165) is 80.7 Å². The molecule has 1 atom stereocenters. The summed E-state index contributed by atoms with van der Waals surface area (Å²) in [6.45, 7) is 11.9. The van der Waals surface area contributed by atoms with Crippen LogP contribution in [0.4, 0.5) is 4.39 Å². The highest BCUT2D eigenvalue weighted by Crippen LogP contribution is 2.49. The lowest BCUT2D eigenvalue weighted by Gasteiger charge is -2.42. The quantitative estimate of drug-likeness (QED) is 0.145. The first-order valence-corrected chi connectivity index (χ1v) is 16.2. The molecule has 0 amide bonds. The summed E-state index contributed by atoms with van der Waals surface area (Å²) >= 11 is 0. The molecule has 1 saturated heterocycles. The van der Waals surface area contributed by atoms with Gasteiger partial charge in [0.25, 0.3) is 0 Å². The number of esters is 1. The number of hydrogen-bond acceptors (Lipinski definition) is 5. The number of ether oxygens (including phenoxy) is 2. The third-order valence-electron chi connectivity index (χ3n) is 9.33. The third kappa shape index (κ3) is 8.44. The van der Waals surface area contributed by atoms with Gasteiger partial charge in [-0.15, -0.1) is 18.8 Å². The van der Waals surface area contributed by atoms with Crippen molar-refractivity contribution >= 4 is 23.9 Å². The van der Waals surface area contributed by atoms with E-state index in [1.807, 2.05) is 12.1 Å². The molecule has 5 nitrogen and oxygen atoms in total. The Bertz CT molecular complexity index is 1360. The van der Waals surface area contributed by atoms with Gasteiger partial charge in [-0.25, -0.2) is 4.39 Å². The predicted molar refractivity (Wildman–Crippen MR) is 178 cm³/mol. The van der Waals surface area contributed by atoms with Crippen molar-refractivity contribution in [2.24, 2.45) is 0 Å². The van der Waals surface area contributed by atoms with Gasteiger partial charge in [0, 0.05) is 19.5 Å². The zero-order chi connectivity index (χ0) is 30.4. The number of hydrogen-bond donors (Lipinski definition) is 0. The summed E-state index contributed by atoms with van der Waals surface area (Å²) < 4.78 is 26.2. The van der Waals surface area contributed by atoms with Crippen molar-refractivity contribution in [1.82, 2.24) is 9.80 Å². The van der Waals surface area contributed by atoms with E-state index in [9.17, 15) is 9.18 Å². The maximum atomic E-state index is 13.3. The first kappa shape index (κ1) is 34.0. The van der Waals surface area contributed by atoms with Crippen LogP contribution < -0.4 is 9.47 Å². The number of terminal acetylenes is 1. The molecule has 2 aromatic carbocycles. The summed E-state index contributed by atoms with van der Waals surface area (Å²) in [5.41, 5.74) is 5.13. The molecular weight excluding hydrogens is 575 g/mol. The van der Waals surface area contributed by atoms with Crippen molar-refractivity contribution < 1.29 is 18.7 Å². The molecule has 44 heavy (non-hydrogen) atoms. The number of halogens is 2. The molecule has 0 saturated carbocycles. The Balaban J connectivity index is 0.00000442. The smallest absolute Gasteiger partial charge is 0.311 e.